The number of anilines is 7. The van der Waals surface area contributed by atoms with Crippen molar-refractivity contribution in [2.75, 3.05) is 64.5 Å². The number of nitrogens with zero attached hydrogens (tertiary/aromatic N) is 22. The summed E-state index contributed by atoms with van der Waals surface area (Å²) in [5.74, 6) is 0.506. The first-order valence-corrected chi connectivity index (χ1v) is 54.6. The first-order valence-electron chi connectivity index (χ1n) is 45.9. The summed E-state index contributed by atoms with van der Waals surface area (Å²) in [5, 5.41) is 2.68. The van der Waals surface area contributed by atoms with E-state index >= 15 is 0 Å². The average Bonchev–Trinajstić information content (AvgIpc) is 1.64. The van der Waals surface area contributed by atoms with Gasteiger partial charge in [0.2, 0.25) is 0 Å². The number of carbonyl (C=O) groups excluding carboxylic acids is 2. The number of ether oxygens (including phenoxy) is 6. The van der Waals surface area contributed by atoms with Gasteiger partial charge in [-0.2, -0.15) is 29.9 Å². The van der Waals surface area contributed by atoms with Gasteiger partial charge in [-0.25, -0.2) is 106 Å². The van der Waals surface area contributed by atoms with Crippen molar-refractivity contribution in [3.8, 4) is 36.1 Å². The molecule has 2 amide bonds. The van der Waals surface area contributed by atoms with Crippen LogP contribution in [-0.4, -0.2) is 181 Å². The Morgan fingerprint density at radius 3 is 0.953 bits per heavy atom. The maximum Gasteiger partial charge on any atom is 0.318 e. The molecule has 0 saturated carbocycles. The summed E-state index contributed by atoms with van der Waals surface area (Å²) >= 11 is 0. The molecule has 0 unspecified atom stereocenters. The van der Waals surface area contributed by atoms with Gasteiger partial charge in [-0.3, -0.25) is 24.5 Å². The summed E-state index contributed by atoms with van der Waals surface area (Å²) in [4.78, 5) is 88.1. The Morgan fingerprint density at radius 1 is 0.307 bits per heavy atom. The van der Waals surface area contributed by atoms with Crippen LogP contribution in [0, 0.1) is 0 Å². The molecule has 44 nitrogen and oxygen atoms in total. The van der Waals surface area contributed by atoms with Crippen LogP contribution >= 0.6 is 0 Å². The molecular formula is C100H90N24O20S6. The number of rotatable bonds is 24. The molecule has 0 radical (unpaired) electrons. The number of piperidine rings is 1. The van der Waals surface area contributed by atoms with E-state index in [2.05, 4.69) is 92.0 Å². The molecule has 9 aromatic heterocycles. The van der Waals surface area contributed by atoms with Crippen molar-refractivity contribution in [2.24, 2.45) is 5.73 Å². The number of hydrogen-bond acceptors (Lipinski definition) is 36. The Morgan fingerprint density at radius 2 is 0.620 bits per heavy atom. The van der Waals surface area contributed by atoms with Gasteiger partial charge >= 0.3 is 36.1 Å². The molecule has 16 heterocycles. The summed E-state index contributed by atoms with van der Waals surface area (Å²) in [6.45, 7) is 3.39. The fraction of sp³-hybridized carbons (Fsp3) is 0.170. The zero-order valence-corrected chi connectivity index (χ0v) is 84.2. The van der Waals surface area contributed by atoms with E-state index in [9.17, 15) is 60.1 Å². The molecule has 0 atom stereocenters. The molecule has 16 aromatic rings. The van der Waals surface area contributed by atoms with E-state index < -0.39 is 66.0 Å². The van der Waals surface area contributed by atoms with Gasteiger partial charge in [-0.05, 0) is 138 Å². The lowest BCUT2D eigenvalue weighted by molar-refractivity contribution is -0.120. The lowest BCUT2D eigenvalue weighted by Gasteiger charge is -2.28. The number of carbonyl (C=O) groups is 2. The second-order valence-electron chi connectivity index (χ2n) is 33.4. The Kier molecular flexibility index (Phi) is 31.0. The minimum atomic E-state index is -3.68. The van der Waals surface area contributed by atoms with E-state index in [1.807, 2.05) is 78.9 Å². The molecule has 7 aliphatic rings. The van der Waals surface area contributed by atoms with Gasteiger partial charge in [0.25, 0.3) is 72.0 Å². The van der Waals surface area contributed by atoms with Crippen molar-refractivity contribution in [2.45, 2.75) is 107 Å². The molecule has 150 heavy (non-hydrogen) atoms. The third-order valence-corrected chi connectivity index (χ3v) is 34.4. The van der Waals surface area contributed by atoms with Gasteiger partial charge in [0.1, 0.15) is 60.8 Å². The molecule has 1 fully saturated rings. The number of nitrogens with two attached hydrogens (primary N) is 1. The third kappa shape index (κ3) is 23.8. The molecule has 0 aliphatic carbocycles. The number of nitrogens with one attached hydrogen (secondary N) is 1. The van der Waals surface area contributed by atoms with Crippen molar-refractivity contribution >= 4 is 113 Å². The maximum atomic E-state index is 12.7. The second kappa shape index (κ2) is 45.3. The summed E-state index contributed by atoms with van der Waals surface area (Å²) in [6.07, 6.45) is 19.0. The van der Waals surface area contributed by atoms with Crippen molar-refractivity contribution in [1.29, 1.82) is 0 Å². The summed E-state index contributed by atoms with van der Waals surface area (Å²) < 4.78 is 192. The second-order valence-corrected chi connectivity index (χ2v) is 44.4. The van der Waals surface area contributed by atoms with E-state index in [4.69, 9.17) is 34.2 Å². The number of pyridine rings is 3. The molecule has 766 valence electrons. The van der Waals surface area contributed by atoms with Crippen molar-refractivity contribution in [3.63, 3.8) is 0 Å². The molecule has 0 spiro atoms. The highest BCUT2D eigenvalue weighted by Gasteiger charge is 2.42. The highest BCUT2D eigenvalue weighted by Crippen LogP contribution is 2.41. The highest BCUT2D eigenvalue weighted by atomic mass is 32.2. The van der Waals surface area contributed by atoms with Crippen LogP contribution < -0.4 is 65.3 Å². The summed E-state index contributed by atoms with van der Waals surface area (Å²) in [5.41, 5.74) is 12.6. The third-order valence-electron chi connectivity index (χ3n) is 23.3. The van der Waals surface area contributed by atoms with Gasteiger partial charge in [0.15, 0.2) is 13.2 Å². The molecule has 7 aliphatic heterocycles. The number of aromatic nitrogens is 15. The zero-order chi connectivity index (χ0) is 105. The van der Waals surface area contributed by atoms with Crippen molar-refractivity contribution in [1.82, 2.24) is 79.7 Å². The van der Waals surface area contributed by atoms with Crippen molar-refractivity contribution < 1.29 is 88.5 Å². The van der Waals surface area contributed by atoms with Gasteiger partial charge in [-0.1, -0.05) is 140 Å². The predicted molar refractivity (Wildman–Crippen MR) is 543 cm³/mol. The number of amides is 2. The first-order chi connectivity index (χ1) is 72.5. The Balaban J connectivity index is 0.000000118. The number of hydrogen-bond donors (Lipinski definition) is 2. The van der Waals surface area contributed by atoms with Crippen LogP contribution in [0.15, 0.2) is 352 Å². The molecule has 7 aromatic carbocycles. The number of fused-ring (bicyclic) bond motifs is 6. The highest BCUT2D eigenvalue weighted by molar-refractivity contribution is 7.94. The van der Waals surface area contributed by atoms with Gasteiger partial charge < -0.3 is 44.4 Å². The minimum Gasteiger partial charge on any atom is -0.460 e. The number of para-hydroxylation sites is 1. The van der Waals surface area contributed by atoms with Crippen LogP contribution in [0.1, 0.15) is 63.0 Å². The topological polar surface area (TPSA) is 548 Å². The maximum absolute atomic E-state index is 12.7. The molecule has 0 bridgehead atoms. The van der Waals surface area contributed by atoms with Crippen LogP contribution in [0.25, 0.3) is 0 Å². The van der Waals surface area contributed by atoms with Gasteiger partial charge in [-0.15, -0.1) is 0 Å². The van der Waals surface area contributed by atoms with Crippen molar-refractivity contribution in [3.05, 3.63) is 373 Å². The quantitative estimate of drug-likeness (QED) is 0.0567. The summed E-state index contributed by atoms with van der Waals surface area (Å²) in [6, 6.07) is 72.8. The fourth-order valence-corrected chi connectivity index (χ4v) is 25.7. The van der Waals surface area contributed by atoms with E-state index in [1.54, 1.807) is 201 Å². The molecule has 3 N–H and O–H groups in total. The molecular weight excluding hydrogens is 2050 g/mol. The lowest BCUT2D eigenvalue weighted by atomic mass is 10.1. The predicted octanol–water partition coefficient (Wildman–Crippen LogP) is 10.4. The summed E-state index contributed by atoms with van der Waals surface area (Å²) in [7, 11) is -19.6. The first kappa shape index (κ1) is 103. The fourth-order valence-electron chi connectivity index (χ4n) is 16.0. The van der Waals surface area contributed by atoms with E-state index in [1.165, 1.54) is 64.6 Å². The smallest absolute Gasteiger partial charge is 0.318 e. The van der Waals surface area contributed by atoms with E-state index in [-0.39, 0.29) is 159 Å². The Labute approximate surface area is 861 Å². The number of benzene rings is 7. The average molecular weight is 2140 g/mol. The molecule has 1 saturated heterocycles. The van der Waals surface area contributed by atoms with Crippen LogP contribution in [0.5, 0.6) is 36.1 Å². The zero-order valence-electron chi connectivity index (χ0n) is 79.3. The number of sulfonamides is 6. The Bertz CT molecular complexity index is 7970. The standard InChI is InChI=1S/C19H16N4O4S.C17H20N4O3S.3C17H14N4O3S.C13H12N4O4S/c24-18(21-15-7-2-1-3-8-15)13-27-19-20-11-10-17(22-19)23-12-14-6-4-5-9-16(14)28(23,25)26;1-20-10-7-14(8-11-20)24-17-18-9-6-16(19-17)21-12-13-4-2-3-5-15(13)25(21,22)23;22-25(23)15-7-2-1-5-13(15)11-21(25)16-8-10-19-17(20-16)24-12-14-6-3-4-9-18-14;22-25(23)15-6-2-1-5-14(15)11-21(25)16-7-9-19-17(20-16)24-12-13-4-3-8-18-10-13;22-25(23)15-4-2-1-3-14(15)11-21(25)16-7-10-19-17(20-16)24-12-13-5-8-18-9-6-13;14-11(18)8-21-13-15-6-5-12(16-13)17-7-9-3-1-2-4-10(9)22(17,19)20/h1-11H,12-13H2,(H,21,24);2-6,9,14H,7-8,10-12H2,1H3;3*1-10H,11-12H2;1-6H,7-8H2,(H2,14,18). The van der Waals surface area contributed by atoms with Crippen LogP contribution in [0.2, 0.25) is 0 Å². The monoisotopic (exact) mass is 2140 g/mol. The number of primary amides is 1. The minimum absolute atomic E-state index is 0.0684. The normalized spacial score (nSPS) is 15.8. The van der Waals surface area contributed by atoms with Crippen LogP contribution in [-0.2, 0) is 129 Å². The van der Waals surface area contributed by atoms with Crippen LogP contribution in [0.3, 0.4) is 0 Å². The van der Waals surface area contributed by atoms with E-state index in [0.717, 1.165) is 69.3 Å². The van der Waals surface area contributed by atoms with E-state index in [0.29, 0.717) is 42.2 Å². The lowest BCUT2D eigenvalue weighted by Crippen LogP contribution is -2.36. The largest absolute Gasteiger partial charge is 0.460 e. The van der Waals surface area contributed by atoms with Gasteiger partial charge in [0, 0.05) is 129 Å². The Hall–Kier alpha value is -17.3. The molecule has 50 heteroatoms. The van der Waals surface area contributed by atoms with Crippen LogP contribution in [0.4, 0.5) is 40.6 Å². The number of likely N-dealkylation sites (tertiary alicyclic amines) is 1. The van der Waals surface area contributed by atoms with Gasteiger partial charge in [0.05, 0.1) is 74.3 Å². The SMILES string of the molecule is CN1CCC(Oc2nccc(N3Cc4ccccc4S3(=O)=O)n2)CC1.NC(=O)COc1nccc(N2Cc3ccccc3S2(=O)=O)n1.O=C(COc1nccc(N2Cc3ccccc3S2(=O)=O)n1)Nc1ccccc1.O=S1(=O)c2ccccc2CN1c1ccnc(OCc2ccccn2)n1.O=S1(=O)c2ccccc2CN1c1ccnc(OCc2cccnc2)n1.O=S1(=O)c2ccccc2CN1c1ccnc(OCc2ccncc2)n1. The molecule has 23 rings (SSSR count).